The maximum atomic E-state index is 4.83. The smallest absolute Gasteiger partial charge is 0.233 e. The van der Waals surface area contributed by atoms with Gasteiger partial charge in [0, 0.05) is 12.1 Å². The van der Waals surface area contributed by atoms with Crippen LogP contribution in [0.5, 0.6) is 23.5 Å². The molecule has 8 heteroatoms. The fraction of sp³-hybridized carbons (Fsp3) is 0.333. The molecule has 2 rings (SSSR count). The fourth-order valence-corrected chi connectivity index (χ4v) is 1.07. The van der Waals surface area contributed by atoms with Crippen molar-refractivity contribution >= 4 is 0 Å². The second-order valence-electron chi connectivity index (χ2n) is 3.22. The number of nitrogens with zero attached hydrogens (tertiary/aromatic N) is 4. The van der Waals surface area contributed by atoms with Gasteiger partial charge in [0.15, 0.2) is 0 Å². The van der Waals surface area contributed by atoms with Crippen LogP contribution in [0.3, 0.4) is 0 Å². The zero-order valence-corrected chi connectivity index (χ0v) is 11.7. The number of hydrogen-bond acceptors (Lipinski definition) is 8. The van der Waals surface area contributed by atoms with Crippen LogP contribution in [-0.4, -0.2) is 48.6 Å². The number of aromatic nitrogens is 4. The molecule has 0 aliphatic rings. The third kappa shape index (κ3) is 4.92. The molecule has 0 aliphatic heterocycles. The van der Waals surface area contributed by atoms with Crippen molar-refractivity contribution in [2.45, 2.75) is 0 Å². The zero-order valence-electron chi connectivity index (χ0n) is 11.7. The molecule has 2 heterocycles. The van der Waals surface area contributed by atoms with Gasteiger partial charge in [-0.3, -0.25) is 0 Å². The number of hydrogen-bond donors (Lipinski definition) is 0. The first-order valence-electron chi connectivity index (χ1n) is 5.55. The predicted molar refractivity (Wildman–Crippen MR) is 70.3 cm³/mol. The lowest BCUT2D eigenvalue weighted by atomic mass is 10.5. The summed E-state index contributed by atoms with van der Waals surface area (Å²) in [5.74, 6) is 1.99. The standard InChI is InChI=1S/2C6H8N2O2/c1-9-5-3-6(10-2)8-4-7-5;1-9-5-3-4-6(10-2)8-7-5/h2*3-4H,1-2H3. The normalized spacial score (nSPS) is 9.00. The van der Waals surface area contributed by atoms with Gasteiger partial charge in [-0.05, 0) is 0 Å². The van der Waals surface area contributed by atoms with Gasteiger partial charge in [-0.1, -0.05) is 0 Å². The maximum Gasteiger partial charge on any atom is 0.233 e. The number of ether oxygens (including phenoxy) is 4. The molecule has 0 spiro atoms. The van der Waals surface area contributed by atoms with Crippen LogP contribution in [0, 0.1) is 0 Å². The summed E-state index contributed by atoms with van der Waals surface area (Å²) < 4.78 is 19.2. The van der Waals surface area contributed by atoms with E-state index >= 15 is 0 Å². The molecule has 0 radical (unpaired) electrons. The SMILES string of the molecule is COc1cc(OC)ncn1.COc1ccc(OC)nn1. The Morgan fingerprint density at radius 2 is 1.05 bits per heavy atom. The minimum Gasteiger partial charge on any atom is -0.481 e. The van der Waals surface area contributed by atoms with E-state index in [1.807, 2.05) is 0 Å². The molecular weight excluding hydrogens is 264 g/mol. The molecule has 0 aliphatic carbocycles. The molecule has 0 fully saturated rings. The van der Waals surface area contributed by atoms with E-state index in [4.69, 9.17) is 18.9 Å². The first kappa shape index (κ1) is 15.4. The molecule has 0 N–H and O–H groups in total. The highest BCUT2D eigenvalue weighted by Crippen LogP contribution is 2.10. The molecule has 108 valence electrons. The summed E-state index contributed by atoms with van der Waals surface area (Å²) in [7, 11) is 6.16. The van der Waals surface area contributed by atoms with Gasteiger partial charge in [0.1, 0.15) is 6.33 Å². The second kappa shape index (κ2) is 8.46. The van der Waals surface area contributed by atoms with Gasteiger partial charge in [-0.25, -0.2) is 9.97 Å². The third-order valence-electron chi connectivity index (χ3n) is 2.07. The molecule has 0 saturated carbocycles. The highest BCUT2D eigenvalue weighted by Gasteiger charge is 1.95. The molecular formula is C12H16N4O4. The first-order chi connectivity index (χ1) is 9.73. The third-order valence-corrected chi connectivity index (χ3v) is 2.07. The van der Waals surface area contributed by atoms with Crippen molar-refractivity contribution in [3.63, 3.8) is 0 Å². The fourth-order valence-electron chi connectivity index (χ4n) is 1.07. The largest absolute Gasteiger partial charge is 0.481 e. The van der Waals surface area contributed by atoms with Crippen LogP contribution in [0.15, 0.2) is 24.5 Å². The van der Waals surface area contributed by atoms with Crippen LogP contribution in [0.2, 0.25) is 0 Å². The summed E-state index contributed by atoms with van der Waals surface area (Å²) in [6.07, 6.45) is 1.39. The average molecular weight is 280 g/mol. The maximum absolute atomic E-state index is 4.83. The quantitative estimate of drug-likeness (QED) is 0.819. The van der Waals surface area contributed by atoms with Crippen molar-refractivity contribution in [3.05, 3.63) is 24.5 Å². The summed E-state index contributed by atoms with van der Waals surface area (Å²) in [5.41, 5.74) is 0. The Labute approximate surface area is 116 Å². The summed E-state index contributed by atoms with van der Waals surface area (Å²) >= 11 is 0. The molecule has 2 aromatic heterocycles. The van der Waals surface area contributed by atoms with E-state index < -0.39 is 0 Å². The summed E-state index contributed by atoms with van der Waals surface area (Å²) in [4.78, 5) is 7.58. The van der Waals surface area contributed by atoms with Crippen LogP contribution in [0.4, 0.5) is 0 Å². The lowest BCUT2D eigenvalue weighted by Gasteiger charge is -1.99. The minimum atomic E-state index is 0.487. The van der Waals surface area contributed by atoms with Crippen LogP contribution in [-0.2, 0) is 0 Å². The Kier molecular flexibility index (Phi) is 6.52. The molecule has 20 heavy (non-hydrogen) atoms. The lowest BCUT2D eigenvalue weighted by molar-refractivity contribution is 0.367. The Morgan fingerprint density at radius 1 is 0.650 bits per heavy atom. The highest BCUT2D eigenvalue weighted by molar-refractivity contribution is 5.17. The van der Waals surface area contributed by atoms with E-state index in [1.54, 1.807) is 32.4 Å². The van der Waals surface area contributed by atoms with E-state index in [1.165, 1.54) is 20.5 Å². The van der Waals surface area contributed by atoms with Crippen molar-refractivity contribution in [1.82, 2.24) is 20.2 Å². The molecule has 0 amide bonds. The number of rotatable bonds is 4. The predicted octanol–water partition coefficient (Wildman–Crippen LogP) is 0.988. The van der Waals surface area contributed by atoms with E-state index in [-0.39, 0.29) is 0 Å². The Morgan fingerprint density at radius 3 is 1.35 bits per heavy atom. The topological polar surface area (TPSA) is 88.5 Å². The van der Waals surface area contributed by atoms with Crippen molar-refractivity contribution in [1.29, 1.82) is 0 Å². The average Bonchev–Trinajstić information content (AvgIpc) is 2.55. The van der Waals surface area contributed by atoms with Gasteiger partial charge in [0.2, 0.25) is 23.5 Å². The van der Waals surface area contributed by atoms with E-state index in [2.05, 4.69) is 20.2 Å². The van der Waals surface area contributed by atoms with Crippen LogP contribution >= 0.6 is 0 Å². The molecule has 8 nitrogen and oxygen atoms in total. The monoisotopic (exact) mass is 280 g/mol. The first-order valence-corrected chi connectivity index (χ1v) is 5.55. The number of methoxy groups -OCH3 is 4. The van der Waals surface area contributed by atoms with Gasteiger partial charge in [0.05, 0.1) is 34.5 Å². The Hall–Kier alpha value is -2.64. The van der Waals surface area contributed by atoms with Crippen molar-refractivity contribution in [2.24, 2.45) is 0 Å². The molecule has 0 unspecified atom stereocenters. The van der Waals surface area contributed by atoms with E-state index in [0.29, 0.717) is 23.5 Å². The minimum absolute atomic E-state index is 0.487. The van der Waals surface area contributed by atoms with Gasteiger partial charge in [-0.2, -0.15) is 0 Å². The van der Waals surface area contributed by atoms with Gasteiger partial charge >= 0.3 is 0 Å². The van der Waals surface area contributed by atoms with Crippen LogP contribution in [0.25, 0.3) is 0 Å². The van der Waals surface area contributed by atoms with Gasteiger partial charge in [0.25, 0.3) is 0 Å². The van der Waals surface area contributed by atoms with Crippen molar-refractivity contribution in [2.75, 3.05) is 28.4 Å². The summed E-state index contributed by atoms with van der Waals surface area (Å²) in [6.45, 7) is 0. The van der Waals surface area contributed by atoms with Crippen LogP contribution < -0.4 is 18.9 Å². The molecule has 0 atom stereocenters. The summed E-state index contributed by atoms with van der Waals surface area (Å²) in [6, 6.07) is 4.98. The summed E-state index contributed by atoms with van der Waals surface area (Å²) in [5, 5.41) is 7.34. The highest BCUT2D eigenvalue weighted by atomic mass is 16.5. The lowest BCUT2D eigenvalue weighted by Crippen LogP contribution is -1.92. The second-order valence-corrected chi connectivity index (χ2v) is 3.22. The van der Waals surface area contributed by atoms with Gasteiger partial charge in [-0.15, -0.1) is 10.2 Å². The van der Waals surface area contributed by atoms with E-state index in [0.717, 1.165) is 0 Å². The van der Waals surface area contributed by atoms with Crippen molar-refractivity contribution in [3.8, 4) is 23.5 Å². The zero-order chi connectivity index (χ0) is 14.8. The van der Waals surface area contributed by atoms with Crippen molar-refractivity contribution < 1.29 is 18.9 Å². The molecule has 0 bridgehead atoms. The molecule has 0 aromatic carbocycles. The van der Waals surface area contributed by atoms with Gasteiger partial charge < -0.3 is 18.9 Å². The van der Waals surface area contributed by atoms with Crippen LogP contribution in [0.1, 0.15) is 0 Å². The Balaban J connectivity index is 0.000000200. The molecule has 2 aromatic rings. The van der Waals surface area contributed by atoms with E-state index in [9.17, 15) is 0 Å². The molecule has 0 saturated heterocycles. The Bertz CT molecular complexity index is 465.